The third-order valence-electron chi connectivity index (χ3n) is 3.18. The van der Waals surface area contributed by atoms with Crippen LogP contribution in [0.4, 0.5) is 5.95 Å². The van der Waals surface area contributed by atoms with E-state index < -0.39 is 0 Å². The zero-order valence-electron chi connectivity index (χ0n) is 12.5. The highest BCUT2D eigenvalue weighted by atomic mass is 32.1. The minimum Gasteiger partial charge on any atom is -0.493 e. The molecular formula is C14H15N5O3S. The molecule has 0 saturated heterocycles. The second-order valence-electron chi connectivity index (χ2n) is 4.59. The maximum Gasteiger partial charge on any atom is 0.277 e. The number of imidazole rings is 1. The lowest BCUT2D eigenvalue weighted by molar-refractivity contribution is 0.102. The average molecular weight is 333 g/mol. The first kappa shape index (κ1) is 15.3. The van der Waals surface area contributed by atoms with Crippen LogP contribution in [0.3, 0.4) is 0 Å². The van der Waals surface area contributed by atoms with Crippen molar-refractivity contribution in [2.45, 2.75) is 6.54 Å². The fourth-order valence-corrected chi connectivity index (χ4v) is 2.73. The SMILES string of the molecule is COc1cc2nc(NC(=O)c3csc(CN)n3)[nH]c2cc1OC. The Morgan fingerprint density at radius 3 is 2.70 bits per heavy atom. The van der Waals surface area contributed by atoms with Gasteiger partial charge in [0.1, 0.15) is 10.7 Å². The lowest BCUT2D eigenvalue weighted by Gasteiger charge is -2.06. The first-order valence-electron chi connectivity index (χ1n) is 6.72. The number of amides is 1. The normalized spacial score (nSPS) is 10.7. The molecule has 0 radical (unpaired) electrons. The van der Waals surface area contributed by atoms with Crippen LogP contribution in [-0.4, -0.2) is 35.1 Å². The Morgan fingerprint density at radius 2 is 2.04 bits per heavy atom. The van der Waals surface area contributed by atoms with Crippen molar-refractivity contribution in [2.75, 3.05) is 19.5 Å². The van der Waals surface area contributed by atoms with Gasteiger partial charge in [-0.05, 0) is 0 Å². The van der Waals surface area contributed by atoms with Crippen molar-refractivity contribution in [2.24, 2.45) is 5.73 Å². The van der Waals surface area contributed by atoms with Crippen molar-refractivity contribution in [3.05, 3.63) is 28.2 Å². The first-order valence-corrected chi connectivity index (χ1v) is 7.60. The summed E-state index contributed by atoms with van der Waals surface area (Å²) in [6.07, 6.45) is 0. The van der Waals surface area contributed by atoms with Crippen molar-refractivity contribution in [3.8, 4) is 11.5 Å². The fraction of sp³-hybridized carbons (Fsp3) is 0.214. The third kappa shape index (κ3) is 2.96. The molecule has 0 spiro atoms. The molecule has 0 unspecified atom stereocenters. The summed E-state index contributed by atoms with van der Waals surface area (Å²) in [6.45, 7) is 0.308. The number of aromatic nitrogens is 3. The Hall–Kier alpha value is -2.65. The summed E-state index contributed by atoms with van der Waals surface area (Å²) in [5.74, 6) is 1.12. The van der Waals surface area contributed by atoms with Crippen LogP contribution in [0.5, 0.6) is 11.5 Å². The van der Waals surface area contributed by atoms with Crippen LogP contribution in [-0.2, 0) is 6.54 Å². The Morgan fingerprint density at radius 1 is 1.30 bits per heavy atom. The number of H-pyrrole nitrogens is 1. The number of nitrogens with zero attached hydrogens (tertiary/aromatic N) is 2. The highest BCUT2D eigenvalue weighted by Crippen LogP contribution is 2.31. The quantitative estimate of drug-likeness (QED) is 0.655. The summed E-state index contributed by atoms with van der Waals surface area (Å²) in [5.41, 5.74) is 7.18. The number of thiazole rings is 1. The minimum absolute atomic E-state index is 0.308. The van der Waals surface area contributed by atoms with Crippen LogP contribution >= 0.6 is 11.3 Å². The van der Waals surface area contributed by atoms with Gasteiger partial charge < -0.3 is 20.2 Å². The van der Waals surface area contributed by atoms with E-state index in [-0.39, 0.29) is 5.91 Å². The molecule has 23 heavy (non-hydrogen) atoms. The molecule has 0 atom stereocenters. The highest BCUT2D eigenvalue weighted by molar-refractivity contribution is 7.09. The van der Waals surface area contributed by atoms with Crippen molar-refractivity contribution < 1.29 is 14.3 Å². The van der Waals surface area contributed by atoms with Crippen molar-refractivity contribution in [1.29, 1.82) is 0 Å². The number of carbonyl (C=O) groups excluding carboxylic acids is 1. The molecule has 0 aliphatic heterocycles. The molecule has 120 valence electrons. The lowest BCUT2D eigenvalue weighted by atomic mass is 10.3. The smallest absolute Gasteiger partial charge is 0.277 e. The Kier molecular flexibility index (Phi) is 4.13. The van der Waals surface area contributed by atoms with Gasteiger partial charge in [-0.1, -0.05) is 0 Å². The summed E-state index contributed by atoms with van der Waals surface area (Å²) in [4.78, 5) is 23.6. The van der Waals surface area contributed by atoms with Gasteiger partial charge >= 0.3 is 0 Å². The number of ether oxygens (including phenoxy) is 2. The number of hydrogen-bond acceptors (Lipinski definition) is 7. The van der Waals surface area contributed by atoms with Crippen LogP contribution in [0.15, 0.2) is 17.5 Å². The van der Waals surface area contributed by atoms with Gasteiger partial charge in [-0.15, -0.1) is 11.3 Å². The summed E-state index contributed by atoms with van der Waals surface area (Å²) >= 11 is 1.34. The Labute approximate surface area is 135 Å². The van der Waals surface area contributed by atoms with Crippen LogP contribution in [0.25, 0.3) is 11.0 Å². The number of rotatable bonds is 5. The summed E-state index contributed by atoms with van der Waals surface area (Å²) in [5, 5.41) is 5.04. The maximum absolute atomic E-state index is 12.1. The van der Waals surface area contributed by atoms with Gasteiger partial charge in [0, 0.05) is 24.1 Å². The van der Waals surface area contributed by atoms with Crippen LogP contribution in [0, 0.1) is 0 Å². The topological polar surface area (TPSA) is 115 Å². The predicted molar refractivity (Wildman–Crippen MR) is 87.2 cm³/mol. The highest BCUT2D eigenvalue weighted by Gasteiger charge is 2.14. The van der Waals surface area contributed by atoms with Gasteiger partial charge in [-0.3, -0.25) is 10.1 Å². The molecule has 1 amide bonds. The number of aromatic amines is 1. The molecule has 8 nitrogen and oxygen atoms in total. The summed E-state index contributed by atoms with van der Waals surface area (Å²) < 4.78 is 10.5. The molecule has 3 rings (SSSR count). The molecule has 0 bridgehead atoms. The number of anilines is 1. The van der Waals surface area contributed by atoms with Crippen molar-refractivity contribution in [1.82, 2.24) is 15.0 Å². The Bertz CT molecular complexity index is 816. The summed E-state index contributed by atoms with van der Waals surface area (Å²) in [7, 11) is 3.11. The molecule has 0 saturated carbocycles. The van der Waals surface area contributed by atoms with Crippen LogP contribution in [0.2, 0.25) is 0 Å². The van der Waals surface area contributed by atoms with Gasteiger partial charge in [-0.2, -0.15) is 0 Å². The number of nitrogens with two attached hydrogens (primary N) is 1. The van der Waals surface area contributed by atoms with Crippen LogP contribution < -0.4 is 20.5 Å². The van der Waals surface area contributed by atoms with E-state index in [0.717, 1.165) is 5.52 Å². The van der Waals surface area contributed by atoms with E-state index >= 15 is 0 Å². The number of benzene rings is 1. The second-order valence-corrected chi connectivity index (χ2v) is 5.54. The molecule has 4 N–H and O–H groups in total. The molecule has 3 aromatic rings. The molecule has 2 heterocycles. The van der Waals surface area contributed by atoms with E-state index in [1.54, 1.807) is 31.7 Å². The van der Waals surface area contributed by atoms with Gasteiger partial charge in [0.15, 0.2) is 11.5 Å². The van der Waals surface area contributed by atoms with E-state index in [9.17, 15) is 4.79 Å². The van der Waals surface area contributed by atoms with E-state index in [4.69, 9.17) is 15.2 Å². The van der Waals surface area contributed by atoms with Gasteiger partial charge in [0.05, 0.1) is 25.3 Å². The van der Waals surface area contributed by atoms with E-state index in [2.05, 4.69) is 20.3 Å². The molecular weight excluding hydrogens is 318 g/mol. The van der Waals surface area contributed by atoms with E-state index in [0.29, 0.717) is 40.2 Å². The zero-order chi connectivity index (χ0) is 16.4. The standard InChI is InChI=1S/C14H15N5O3S/c1-21-10-3-7-8(4-11(10)22-2)18-14(17-7)19-13(20)9-6-23-12(5-15)16-9/h3-4,6H,5,15H2,1-2H3,(H2,17,18,19,20). The van der Waals surface area contributed by atoms with Gasteiger partial charge in [0.25, 0.3) is 5.91 Å². The zero-order valence-corrected chi connectivity index (χ0v) is 13.4. The average Bonchev–Trinajstić information content (AvgIpc) is 3.19. The number of nitrogens with one attached hydrogen (secondary N) is 2. The molecule has 9 heteroatoms. The molecule has 0 aliphatic rings. The molecule has 0 fully saturated rings. The van der Waals surface area contributed by atoms with Crippen molar-refractivity contribution in [3.63, 3.8) is 0 Å². The fourth-order valence-electron chi connectivity index (χ4n) is 2.08. The first-order chi connectivity index (χ1) is 11.1. The molecule has 0 aliphatic carbocycles. The van der Waals surface area contributed by atoms with Crippen LogP contribution in [0.1, 0.15) is 15.5 Å². The van der Waals surface area contributed by atoms with Gasteiger partial charge in [0.2, 0.25) is 5.95 Å². The molecule has 1 aromatic carbocycles. The monoisotopic (exact) mass is 333 g/mol. The number of methoxy groups -OCH3 is 2. The number of carbonyl (C=O) groups is 1. The third-order valence-corrected chi connectivity index (χ3v) is 4.05. The Balaban J connectivity index is 1.86. The largest absolute Gasteiger partial charge is 0.493 e. The summed E-state index contributed by atoms with van der Waals surface area (Å²) in [6, 6.07) is 3.49. The van der Waals surface area contributed by atoms with Gasteiger partial charge in [-0.25, -0.2) is 9.97 Å². The number of fused-ring (bicyclic) bond motifs is 1. The predicted octanol–water partition coefficient (Wildman–Crippen LogP) is 1.75. The van der Waals surface area contributed by atoms with Crippen molar-refractivity contribution >= 4 is 34.2 Å². The molecule has 2 aromatic heterocycles. The second kappa shape index (κ2) is 6.23. The van der Waals surface area contributed by atoms with E-state index in [1.807, 2.05) is 0 Å². The maximum atomic E-state index is 12.1. The minimum atomic E-state index is -0.348. The lowest BCUT2D eigenvalue weighted by Crippen LogP contribution is -2.13. The van der Waals surface area contributed by atoms with E-state index in [1.165, 1.54) is 11.3 Å². The number of hydrogen-bond donors (Lipinski definition) is 3.